The predicted octanol–water partition coefficient (Wildman–Crippen LogP) is 5.55. The van der Waals surface area contributed by atoms with Crippen LogP contribution < -0.4 is 10.1 Å². The summed E-state index contributed by atoms with van der Waals surface area (Å²) in [6.45, 7) is 1.48. The molecular weight excluding hydrogens is 516 g/mol. The zero-order chi connectivity index (χ0) is 28.1. The van der Waals surface area contributed by atoms with Gasteiger partial charge in [0, 0.05) is 29.5 Å². The van der Waals surface area contributed by atoms with Crippen LogP contribution in [0.5, 0.6) is 5.75 Å². The summed E-state index contributed by atoms with van der Waals surface area (Å²) in [7, 11) is 0. The van der Waals surface area contributed by atoms with Gasteiger partial charge in [-0.3, -0.25) is 10.1 Å². The number of hydrogen-bond donors (Lipinski definition) is 1. The predicted molar refractivity (Wildman–Crippen MR) is 132 cm³/mol. The van der Waals surface area contributed by atoms with Crippen LogP contribution in [0.15, 0.2) is 84.1 Å². The van der Waals surface area contributed by atoms with Gasteiger partial charge in [-0.05, 0) is 30.2 Å². The fourth-order valence-corrected chi connectivity index (χ4v) is 3.97. The molecule has 200 valence electrons. The average Bonchev–Trinajstić information content (AvgIpc) is 2.92. The molecule has 0 aromatic heterocycles. The number of amides is 3. The molecule has 4 rings (SSSR count). The van der Waals surface area contributed by atoms with Crippen molar-refractivity contribution < 1.29 is 37.6 Å². The molecule has 3 amide bonds. The smallest absolute Gasteiger partial charge is 0.424 e. The maximum Gasteiger partial charge on any atom is 0.424 e. The van der Waals surface area contributed by atoms with Crippen LogP contribution in [0.25, 0.3) is 0 Å². The Hall–Kier alpha value is -5.13. The fraction of sp³-hybridized carbons (Fsp3) is 0.148. The maximum atomic E-state index is 15.1. The van der Waals surface area contributed by atoms with Crippen molar-refractivity contribution in [3.8, 4) is 5.75 Å². The van der Waals surface area contributed by atoms with E-state index in [1.54, 1.807) is 37.3 Å². The normalized spacial score (nSPS) is 15.0. The van der Waals surface area contributed by atoms with Gasteiger partial charge < -0.3 is 14.8 Å². The first-order valence-electron chi connectivity index (χ1n) is 11.6. The van der Waals surface area contributed by atoms with Crippen molar-refractivity contribution in [3.05, 3.63) is 117 Å². The van der Waals surface area contributed by atoms with E-state index in [2.05, 4.69) is 5.32 Å². The first-order valence-corrected chi connectivity index (χ1v) is 11.6. The van der Waals surface area contributed by atoms with Crippen molar-refractivity contribution >= 4 is 23.8 Å². The van der Waals surface area contributed by atoms with E-state index in [1.165, 1.54) is 0 Å². The van der Waals surface area contributed by atoms with Gasteiger partial charge >= 0.3 is 18.1 Å². The Balaban J connectivity index is 1.74. The second-order valence-electron chi connectivity index (χ2n) is 8.30. The number of nitrogens with one attached hydrogen (secondary N) is 1. The van der Waals surface area contributed by atoms with Crippen LogP contribution in [0.1, 0.15) is 30.5 Å². The van der Waals surface area contributed by atoms with E-state index in [0.29, 0.717) is 16.5 Å². The summed E-state index contributed by atoms with van der Waals surface area (Å²) in [6.07, 6.45) is -1.22. The molecule has 1 aliphatic rings. The minimum Gasteiger partial charge on any atom is -0.457 e. The molecule has 12 heteroatoms. The fourth-order valence-electron chi connectivity index (χ4n) is 3.97. The number of imide groups is 1. The third-order valence-electron chi connectivity index (χ3n) is 5.83. The van der Waals surface area contributed by atoms with Crippen LogP contribution in [0.3, 0.4) is 0 Å². The summed E-state index contributed by atoms with van der Waals surface area (Å²) < 4.78 is 39.5. The molecule has 1 unspecified atom stereocenters. The number of ether oxygens (including phenoxy) is 2. The second-order valence-corrected chi connectivity index (χ2v) is 8.30. The Morgan fingerprint density at radius 2 is 1.74 bits per heavy atom. The highest BCUT2D eigenvalue weighted by molar-refractivity contribution is 6.01. The number of carbonyl (C=O) groups excluding carboxylic acids is 3. The quantitative estimate of drug-likeness (QED) is 0.238. The van der Waals surface area contributed by atoms with E-state index >= 15 is 4.39 Å². The number of nitro groups is 1. The van der Waals surface area contributed by atoms with Crippen molar-refractivity contribution in [3.63, 3.8) is 0 Å². The van der Waals surface area contributed by atoms with E-state index < -0.39 is 40.7 Å². The monoisotopic (exact) mass is 537 g/mol. The summed E-state index contributed by atoms with van der Waals surface area (Å²) in [6, 6.07) is 12.9. The third-order valence-corrected chi connectivity index (χ3v) is 5.83. The summed E-state index contributed by atoms with van der Waals surface area (Å²) in [4.78, 5) is 50.4. The van der Waals surface area contributed by atoms with Gasteiger partial charge in [-0.25, -0.2) is 28.1 Å². The summed E-state index contributed by atoms with van der Waals surface area (Å²) in [5.74, 6) is -3.14. The lowest BCUT2D eigenvalue weighted by atomic mass is 9.92. The largest absolute Gasteiger partial charge is 0.457 e. The number of esters is 1. The Bertz CT molecular complexity index is 1460. The molecule has 1 atom stereocenters. The molecule has 0 saturated carbocycles. The second kappa shape index (κ2) is 11.5. The van der Waals surface area contributed by atoms with Gasteiger partial charge in [0.15, 0.2) is 0 Å². The lowest BCUT2D eigenvalue weighted by molar-refractivity contribution is -0.384. The van der Waals surface area contributed by atoms with Gasteiger partial charge in [0.05, 0.1) is 10.5 Å². The zero-order valence-corrected chi connectivity index (χ0v) is 20.4. The maximum absolute atomic E-state index is 15.1. The number of non-ortho nitro benzene ring substituents is 1. The van der Waals surface area contributed by atoms with Gasteiger partial charge in [0.25, 0.3) is 5.69 Å². The summed E-state index contributed by atoms with van der Waals surface area (Å²) in [5.41, 5.74) is -0.145. The highest BCUT2D eigenvalue weighted by Crippen LogP contribution is 2.37. The molecule has 3 aromatic rings. The van der Waals surface area contributed by atoms with Gasteiger partial charge in [0.1, 0.15) is 30.0 Å². The van der Waals surface area contributed by atoms with E-state index in [0.717, 1.165) is 36.4 Å². The van der Waals surface area contributed by atoms with Gasteiger partial charge in [-0.15, -0.1) is 0 Å². The molecule has 0 saturated heterocycles. The number of rotatable bonds is 7. The molecule has 10 nitrogen and oxygen atoms in total. The molecule has 1 heterocycles. The zero-order valence-electron chi connectivity index (χ0n) is 20.4. The van der Waals surface area contributed by atoms with Crippen molar-refractivity contribution in [2.75, 3.05) is 0 Å². The molecular formula is C27H21F2N3O7. The number of hydrogen-bond acceptors (Lipinski definition) is 7. The van der Waals surface area contributed by atoms with E-state index in [1.807, 2.05) is 0 Å². The average molecular weight is 537 g/mol. The van der Waals surface area contributed by atoms with Crippen molar-refractivity contribution in [1.82, 2.24) is 10.2 Å². The van der Waals surface area contributed by atoms with Gasteiger partial charge in [-0.1, -0.05) is 43.3 Å². The van der Waals surface area contributed by atoms with Crippen LogP contribution in [0, 0.1) is 21.7 Å². The van der Waals surface area contributed by atoms with E-state index in [9.17, 15) is 28.9 Å². The highest BCUT2D eigenvalue weighted by Gasteiger charge is 2.44. The highest BCUT2D eigenvalue weighted by atomic mass is 19.1. The molecule has 1 aliphatic heterocycles. The Labute approximate surface area is 220 Å². The lowest BCUT2D eigenvalue weighted by Gasteiger charge is -2.36. The minimum absolute atomic E-state index is 0.0752. The number of benzene rings is 3. The van der Waals surface area contributed by atoms with Crippen LogP contribution in [-0.2, 0) is 16.1 Å². The lowest BCUT2D eigenvalue weighted by Crippen LogP contribution is -2.52. The molecule has 1 N–H and O–H groups in total. The van der Waals surface area contributed by atoms with Gasteiger partial charge in [-0.2, -0.15) is 0 Å². The molecule has 0 spiro atoms. The Morgan fingerprint density at radius 3 is 2.36 bits per heavy atom. The van der Waals surface area contributed by atoms with Crippen LogP contribution >= 0.6 is 0 Å². The Morgan fingerprint density at radius 1 is 1.05 bits per heavy atom. The van der Waals surface area contributed by atoms with Crippen LogP contribution in [0.2, 0.25) is 0 Å². The third kappa shape index (κ3) is 5.90. The minimum atomic E-state index is -1.68. The Kier molecular flexibility index (Phi) is 7.94. The summed E-state index contributed by atoms with van der Waals surface area (Å²) >= 11 is 0. The number of nitrogens with zero attached hydrogens (tertiary/aromatic N) is 2. The SMILES string of the molecule is CCC1=C(C(=O)OCc2ccccc2)C(c2ccc(F)cc2F)N(C(=O)Oc2ccc([N+](=O)[O-])cc2)C(=O)N1. The number of nitro benzene ring substituents is 1. The van der Waals surface area contributed by atoms with Crippen molar-refractivity contribution in [1.29, 1.82) is 0 Å². The van der Waals surface area contributed by atoms with E-state index in [4.69, 9.17) is 9.47 Å². The molecule has 39 heavy (non-hydrogen) atoms. The molecule has 3 aromatic carbocycles. The van der Waals surface area contributed by atoms with Crippen LogP contribution in [0.4, 0.5) is 24.1 Å². The number of halogens is 2. The standard InChI is InChI=1S/C27H21F2N3O7/c1-2-22-23(25(33)38-15-16-6-4-3-5-7-16)24(20-13-8-17(28)14-21(20)29)31(26(34)30-22)27(35)39-19-11-9-18(10-12-19)32(36)37/h3-14,24H,2,15H2,1H3,(H,30,34). The first-order chi connectivity index (χ1) is 18.7. The topological polar surface area (TPSA) is 128 Å². The first kappa shape index (κ1) is 26.9. The van der Waals surface area contributed by atoms with Crippen molar-refractivity contribution in [2.24, 2.45) is 0 Å². The van der Waals surface area contributed by atoms with E-state index in [-0.39, 0.29) is 41.3 Å². The summed E-state index contributed by atoms with van der Waals surface area (Å²) in [5, 5.41) is 13.4. The number of urea groups is 1. The van der Waals surface area contributed by atoms with Crippen LogP contribution in [-0.4, -0.2) is 27.9 Å². The molecule has 0 bridgehead atoms. The number of carbonyl (C=O) groups is 3. The molecule has 0 radical (unpaired) electrons. The molecule has 0 fully saturated rings. The number of allylic oxidation sites excluding steroid dienone is 1. The molecule has 0 aliphatic carbocycles. The van der Waals surface area contributed by atoms with Gasteiger partial charge in [0.2, 0.25) is 0 Å². The van der Waals surface area contributed by atoms with Crippen molar-refractivity contribution in [2.45, 2.75) is 26.0 Å².